The molecule has 104 valence electrons. The van der Waals surface area contributed by atoms with Gasteiger partial charge in [-0.25, -0.2) is 18.2 Å². The molecule has 1 aliphatic heterocycles. The Morgan fingerprint density at radius 1 is 1.63 bits per heavy atom. The highest BCUT2D eigenvalue weighted by atomic mass is 35.7. The standard InChI is InChI=1S/C9H9ClN2O5S2/c1-17-8(14)6-4-18-9(11-6)12-3-5(2-7(12)13)19(10,15)16/h4-5H,2-3H2,1H3. The van der Waals surface area contributed by atoms with Gasteiger partial charge in [0.15, 0.2) is 10.8 Å². The summed E-state index contributed by atoms with van der Waals surface area (Å²) >= 11 is 1.06. The Kier molecular flexibility index (Phi) is 3.79. The van der Waals surface area contributed by atoms with Crippen LogP contribution in [0.25, 0.3) is 0 Å². The first kappa shape index (κ1) is 14.2. The molecule has 0 aromatic carbocycles. The largest absolute Gasteiger partial charge is 0.464 e. The second-order valence-electron chi connectivity index (χ2n) is 3.81. The zero-order valence-electron chi connectivity index (χ0n) is 9.70. The van der Waals surface area contributed by atoms with Crippen molar-refractivity contribution in [2.24, 2.45) is 0 Å². The molecule has 2 heterocycles. The Labute approximate surface area is 117 Å². The number of hydrogen-bond acceptors (Lipinski definition) is 7. The normalized spacial score (nSPS) is 19.8. The van der Waals surface area contributed by atoms with Crippen molar-refractivity contribution in [1.29, 1.82) is 0 Å². The first-order valence-electron chi connectivity index (χ1n) is 5.10. The number of carbonyl (C=O) groups excluding carboxylic acids is 2. The molecule has 1 fully saturated rings. The molecule has 1 amide bonds. The first-order chi connectivity index (χ1) is 8.82. The average molecular weight is 325 g/mol. The predicted octanol–water partition coefficient (Wildman–Crippen LogP) is 0.604. The fourth-order valence-corrected chi connectivity index (χ4v) is 3.48. The number of amides is 1. The molecule has 1 aromatic rings. The second-order valence-corrected chi connectivity index (χ2v) is 7.56. The Morgan fingerprint density at radius 2 is 2.32 bits per heavy atom. The van der Waals surface area contributed by atoms with E-state index in [0.717, 1.165) is 11.3 Å². The Bertz CT molecular complexity index is 626. The van der Waals surface area contributed by atoms with Crippen molar-refractivity contribution in [3.63, 3.8) is 0 Å². The Morgan fingerprint density at radius 3 is 2.84 bits per heavy atom. The van der Waals surface area contributed by atoms with Gasteiger partial charge in [0.1, 0.15) is 5.25 Å². The van der Waals surface area contributed by atoms with Crippen LogP contribution in [0.15, 0.2) is 5.38 Å². The lowest BCUT2D eigenvalue weighted by Gasteiger charge is -2.11. The van der Waals surface area contributed by atoms with Crippen LogP contribution >= 0.6 is 22.0 Å². The van der Waals surface area contributed by atoms with Crippen molar-refractivity contribution in [1.82, 2.24) is 4.98 Å². The number of nitrogens with zero attached hydrogens (tertiary/aromatic N) is 2. The number of esters is 1. The molecule has 1 aromatic heterocycles. The van der Waals surface area contributed by atoms with Crippen molar-refractivity contribution >= 4 is 48.1 Å². The van der Waals surface area contributed by atoms with E-state index in [0.29, 0.717) is 0 Å². The summed E-state index contributed by atoms with van der Waals surface area (Å²) in [5, 5.41) is 0.747. The van der Waals surface area contributed by atoms with Gasteiger partial charge in [-0.05, 0) is 0 Å². The Hall–Kier alpha value is -1.19. The van der Waals surface area contributed by atoms with Crippen molar-refractivity contribution in [3.8, 4) is 0 Å². The number of ether oxygens (including phenoxy) is 1. The van der Waals surface area contributed by atoms with Gasteiger partial charge in [-0.1, -0.05) is 0 Å². The third kappa shape index (κ3) is 2.88. The summed E-state index contributed by atoms with van der Waals surface area (Å²) < 4.78 is 26.9. The maximum atomic E-state index is 11.7. The maximum Gasteiger partial charge on any atom is 0.357 e. The van der Waals surface area contributed by atoms with E-state index >= 15 is 0 Å². The number of carbonyl (C=O) groups is 2. The van der Waals surface area contributed by atoms with E-state index in [1.165, 1.54) is 17.4 Å². The smallest absolute Gasteiger partial charge is 0.357 e. The third-order valence-electron chi connectivity index (χ3n) is 2.61. The monoisotopic (exact) mass is 324 g/mol. The highest BCUT2D eigenvalue weighted by molar-refractivity contribution is 8.14. The van der Waals surface area contributed by atoms with Crippen LogP contribution < -0.4 is 4.90 Å². The third-order valence-corrected chi connectivity index (χ3v) is 5.34. The molecule has 0 N–H and O–H groups in total. The van der Waals surface area contributed by atoms with Gasteiger partial charge >= 0.3 is 5.97 Å². The van der Waals surface area contributed by atoms with E-state index in [9.17, 15) is 18.0 Å². The number of thiazole rings is 1. The zero-order chi connectivity index (χ0) is 14.2. The van der Waals surface area contributed by atoms with Gasteiger partial charge < -0.3 is 4.74 Å². The number of hydrogen-bond donors (Lipinski definition) is 0. The first-order valence-corrected chi connectivity index (χ1v) is 8.36. The van der Waals surface area contributed by atoms with Gasteiger partial charge in [-0.15, -0.1) is 11.3 Å². The van der Waals surface area contributed by atoms with Crippen LogP contribution in [0.2, 0.25) is 0 Å². The summed E-state index contributed by atoms with van der Waals surface area (Å²) in [7, 11) is 2.66. The van der Waals surface area contributed by atoms with Gasteiger partial charge in [0, 0.05) is 29.0 Å². The van der Waals surface area contributed by atoms with Crippen LogP contribution in [-0.4, -0.2) is 44.2 Å². The van der Waals surface area contributed by atoms with Crippen molar-refractivity contribution in [3.05, 3.63) is 11.1 Å². The minimum Gasteiger partial charge on any atom is -0.464 e. The summed E-state index contributed by atoms with van der Waals surface area (Å²) in [5.74, 6) is -1.00. The van der Waals surface area contributed by atoms with Crippen molar-refractivity contribution in [2.75, 3.05) is 18.6 Å². The minimum absolute atomic E-state index is 0.0568. The number of methoxy groups -OCH3 is 1. The number of halogens is 1. The molecule has 0 bridgehead atoms. The van der Waals surface area contributed by atoms with E-state index in [2.05, 4.69) is 9.72 Å². The van der Waals surface area contributed by atoms with Crippen LogP contribution in [0.4, 0.5) is 5.13 Å². The van der Waals surface area contributed by atoms with E-state index in [1.807, 2.05) is 0 Å². The topological polar surface area (TPSA) is 93.6 Å². The lowest BCUT2D eigenvalue weighted by Crippen LogP contribution is -2.26. The van der Waals surface area contributed by atoms with Crippen LogP contribution in [0, 0.1) is 0 Å². The summed E-state index contributed by atoms with van der Waals surface area (Å²) in [4.78, 5) is 28.1. The summed E-state index contributed by atoms with van der Waals surface area (Å²) in [5.41, 5.74) is 0.0764. The second kappa shape index (κ2) is 5.06. The molecule has 0 radical (unpaired) electrons. The van der Waals surface area contributed by atoms with E-state index in [1.54, 1.807) is 0 Å². The molecule has 10 heteroatoms. The molecule has 1 saturated heterocycles. The molecule has 0 aliphatic carbocycles. The SMILES string of the molecule is COC(=O)c1csc(N2CC(S(=O)(=O)Cl)CC2=O)n1. The van der Waals surface area contributed by atoms with Gasteiger partial charge in [0.2, 0.25) is 15.0 Å². The van der Waals surface area contributed by atoms with Gasteiger partial charge in [-0.3, -0.25) is 9.69 Å². The summed E-state index contributed by atoms with van der Waals surface area (Å²) in [6.07, 6.45) is -0.182. The summed E-state index contributed by atoms with van der Waals surface area (Å²) in [6, 6.07) is 0. The molecule has 1 atom stereocenters. The zero-order valence-corrected chi connectivity index (χ0v) is 12.1. The molecule has 0 spiro atoms. The van der Waals surface area contributed by atoms with Crippen LogP contribution in [-0.2, 0) is 18.6 Å². The highest BCUT2D eigenvalue weighted by Gasteiger charge is 2.39. The number of rotatable bonds is 3. The molecule has 19 heavy (non-hydrogen) atoms. The quantitative estimate of drug-likeness (QED) is 0.597. The number of aromatic nitrogens is 1. The predicted molar refractivity (Wildman–Crippen MR) is 69.0 cm³/mol. The van der Waals surface area contributed by atoms with Gasteiger partial charge in [-0.2, -0.15) is 0 Å². The van der Waals surface area contributed by atoms with Crippen LogP contribution in [0.3, 0.4) is 0 Å². The molecular weight excluding hydrogens is 316 g/mol. The van der Waals surface area contributed by atoms with E-state index in [4.69, 9.17) is 10.7 Å². The highest BCUT2D eigenvalue weighted by Crippen LogP contribution is 2.29. The van der Waals surface area contributed by atoms with Crippen LogP contribution in [0.1, 0.15) is 16.9 Å². The molecule has 1 aliphatic rings. The van der Waals surface area contributed by atoms with Gasteiger partial charge in [0.25, 0.3) is 0 Å². The van der Waals surface area contributed by atoms with Crippen molar-refractivity contribution < 1.29 is 22.7 Å². The maximum absolute atomic E-state index is 11.7. The molecule has 7 nitrogen and oxygen atoms in total. The summed E-state index contributed by atoms with van der Waals surface area (Å²) in [6.45, 7) is -0.0568. The Balaban J connectivity index is 2.21. The van der Waals surface area contributed by atoms with Crippen LogP contribution in [0.5, 0.6) is 0 Å². The average Bonchev–Trinajstić information content (AvgIpc) is 2.93. The fraction of sp³-hybridized carbons (Fsp3) is 0.444. The lowest BCUT2D eigenvalue weighted by molar-refractivity contribution is -0.117. The molecule has 1 unspecified atom stereocenters. The molecule has 0 saturated carbocycles. The molecule has 2 rings (SSSR count). The van der Waals surface area contributed by atoms with E-state index < -0.39 is 20.3 Å². The fourth-order valence-electron chi connectivity index (χ4n) is 1.63. The van der Waals surface area contributed by atoms with Crippen molar-refractivity contribution in [2.45, 2.75) is 11.7 Å². The minimum atomic E-state index is -3.80. The van der Waals surface area contributed by atoms with E-state index in [-0.39, 0.29) is 29.7 Å². The molecular formula is C9H9ClN2O5S2. The lowest BCUT2D eigenvalue weighted by atomic mass is 10.4. The van der Waals surface area contributed by atoms with Gasteiger partial charge in [0.05, 0.1) is 7.11 Å². The number of anilines is 1.